The lowest BCUT2D eigenvalue weighted by Gasteiger charge is -2.11. The molecule has 0 unspecified atom stereocenters. The summed E-state index contributed by atoms with van der Waals surface area (Å²) in [6.45, 7) is -2.06. The summed E-state index contributed by atoms with van der Waals surface area (Å²) in [6.07, 6.45) is -4.64. The van der Waals surface area contributed by atoms with E-state index >= 15 is 0 Å². The van der Waals surface area contributed by atoms with Gasteiger partial charge >= 0.3 is 6.18 Å². The zero-order valence-electron chi connectivity index (χ0n) is 9.53. The lowest BCUT2D eigenvalue weighted by atomic mass is 10.2. The predicted octanol–water partition coefficient (Wildman–Crippen LogP) is 0.461. The SMILES string of the molecule is Nc1ccc(O)c(CNS(=O)(=O)NCC(F)(F)F)c1. The van der Waals surface area contributed by atoms with Crippen LogP contribution in [0.5, 0.6) is 5.75 Å². The van der Waals surface area contributed by atoms with Crippen LogP contribution in [-0.2, 0) is 16.8 Å². The molecular weight excluding hydrogens is 287 g/mol. The summed E-state index contributed by atoms with van der Waals surface area (Å²) >= 11 is 0. The zero-order chi connectivity index (χ0) is 14.7. The second kappa shape index (κ2) is 5.63. The molecule has 0 amide bonds. The van der Waals surface area contributed by atoms with Crippen LogP contribution in [0.15, 0.2) is 18.2 Å². The van der Waals surface area contributed by atoms with Crippen molar-refractivity contribution in [2.75, 3.05) is 12.3 Å². The van der Waals surface area contributed by atoms with Gasteiger partial charge in [0.2, 0.25) is 0 Å². The first-order valence-electron chi connectivity index (χ1n) is 4.97. The lowest BCUT2D eigenvalue weighted by Crippen LogP contribution is -2.41. The van der Waals surface area contributed by atoms with Gasteiger partial charge in [0.1, 0.15) is 12.3 Å². The molecule has 0 saturated heterocycles. The molecule has 0 spiro atoms. The molecule has 6 nitrogen and oxygen atoms in total. The number of aromatic hydroxyl groups is 1. The first-order valence-corrected chi connectivity index (χ1v) is 6.46. The number of nitrogen functional groups attached to an aromatic ring is 1. The van der Waals surface area contributed by atoms with Crippen LogP contribution in [0.4, 0.5) is 18.9 Å². The van der Waals surface area contributed by atoms with E-state index in [1.165, 1.54) is 22.9 Å². The fourth-order valence-electron chi connectivity index (χ4n) is 1.15. The molecule has 0 heterocycles. The van der Waals surface area contributed by atoms with Gasteiger partial charge in [0.05, 0.1) is 0 Å². The molecule has 0 radical (unpaired) electrons. The topological polar surface area (TPSA) is 104 Å². The predicted molar refractivity (Wildman–Crippen MR) is 62.3 cm³/mol. The number of benzene rings is 1. The van der Waals surface area contributed by atoms with Crippen molar-refractivity contribution in [3.63, 3.8) is 0 Å². The monoisotopic (exact) mass is 299 g/mol. The smallest absolute Gasteiger partial charge is 0.402 e. The highest BCUT2D eigenvalue weighted by atomic mass is 32.2. The Morgan fingerprint density at radius 2 is 1.89 bits per heavy atom. The average molecular weight is 299 g/mol. The molecule has 0 fully saturated rings. The van der Waals surface area contributed by atoms with Gasteiger partial charge in [-0.1, -0.05) is 0 Å². The van der Waals surface area contributed by atoms with Crippen molar-refractivity contribution >= 4 is 15.9 Å². The third-order valence-corrected chi connectivity index (χ3v) is 3.07. The maximum absolute atomic E-state index is 11.9. The van der Waals surface area contributed by atoms with Crippen LogP contribution in [0.1, 0.15) is 5.56 Å². The maximum Gasteiger partial charge on any atom is 0.402 e. The summed E-state index contributed by atoms with van der Waals surface area (Å²) in [5.41, 5.74) is 5.87. The highest BCUT2D eigenvalue weighted by Crippen LogP contribution is 2.19. The van der Waals surface area contributed by atoms with E-state index in [-0.39, 0.29) is 23.5 Å². The number of halogens is 3. The normalized spacial score (nSPS) is 12.6. The van der Waals surface area contributed by atoms with Gasteiger partial charge in [-0.15, -0.1) is 0 Å². The van der Waals surface area contributed by atoms with E-state index < -0.39 is 22.9 Å². The van der Waals surface area contributed by atoms with Gasteiger partial charge < -0.3 is 10.8 Å². The van der Waals surface area contributed by atoms with Crippen molar-refractivity contribution in [3.8, 4) is 5.75 Å². The van der Waals surface area contributed by atoms with Crippen molar-refractivity contribution in [2.45, 2.75) is 12.7 Å². The quantitative estimate of drug-likeness (QED) is 0.468. The van der Waals surface area contributed by atoms with Crippen LogP contribution < -0.4 is 15.2 Å². The summed E-state index contributed by atoms with van der Waals surface area (Å²) in [6, 6.07) is 3.96. The van der Waals surface area contributed by atoms with E-state index in [1.807, 2.05) is 4.72 Å². The molecule has 1 aromatic rings. The molecule has 0 aromatic heterocycles. The van der Waals surface area contributed by atoms with Gasteiger partial charge in [-0.05, 0) is 18.2 Å². The minimum atomic E-state index is -4.64. The van der Waals surface area contributed by atoms with Crippen LogP contribution in [-0.4, -0.2) is 26.2 Å². The molecule has 10 heteroatoms. The summed E-state index contributed by atoms with van der Waals surface area (Å²) in [7, 11) is -4.31. The first-order chi connectivity index (χ1) is 8.59. The van der Waals surface area contributed by atoms with E-state index in [4.69, 9.17) is 5.73 Å². The Morgan fingerprint density at radius 1 is 1.26 bits per heavy atom. The van der Waals surface area contributed by atoms with E-state index in [9.17, 15) is 26.7 Å². The number of hydrogen-bond acceptors (Lipinski definition) is 4. The highest BCUT2D eigenvalue weighted by Gasteiger charge is 2.29. The largest absolute Gasteiger partial charge is 0.508 e. The van der Waals surface area contributed by atoms with Crippen molar-refractivity contribution < 1.29 is 26.7 Å². The van der Waals surface area contributed by atoms with Gasteiger partial charge in [0.25, 0.3) is 10.2 Å². The van der Waals surface area contributed by atoms with Crippen LogP contribution in [0.25, 0.3) is 0 Å². The highest BCUT2D eigenvalue weighted by molar-refractivity contribution is 7.87. The standard InChI is InChI=1S/C9H12F3N3O3S/c10-9(11,12)5-15-19(17,18)14-4-6-3-7(13)1-2-8(6)16/h1-3,14-16H,4-5,13H2. The second-order valence-corrected chi connectivity index (χ2v) is 5.23. The minimum absolute atomic E-state index is 0.150. The summed E-state index contributed by atoms with van der Waals surface area (Å²) in [5.74, 6) is -0.215. The van der Waals surface area contributed by atoms with Crippen molar-refractivity contribution in [2.24, 2.45) is 0 Å². The van der Waals surface area contributed by atoms with E-state index in [2.05, 4.69) is 0 Å². The van der Waals surface area contributed by atoms with E-state index in [0.717, 1.165) is 0 Å². The van der Waals surface area contributed by atoms with Crippen molar-refractivity contribution in [3.05, 3.63) is 23.8 Å². The Labute approximate surface area is 107 Å². The zero-order valence-corrected chi connectivity index (χ0v) is 10.3. The molecule has 5 N–H and O–H groups in total. The fraction of sp³-hybridized carbons (Fsp3) is 0.333. The number of rotatable bonds is 5. The maximum atomic E-state index is 11.9. The number of nitrogens with one attached hydrogen (secondary N) is 2. The molecule has 0 aliphatic rings. The van der Waals surface area contributed by atoms with Crippen molar-refractivity contribution in [1.29, 1.82) is 0 Å². The number of nitrogens with two attached hydrogens (primary N) is 1. The Kier molecular flexibility index (Phi) is 4.61. The molecule has 0 aliphatic carbocycles. The lowest BCUT2D eigenvalue weighted by molar-refractivity contribution is -0.121. The fourth-order valence-corrected chi connectivity index (χ4v) is 1.95. The van der Waals surface area contributed by atoms with Crippen LogP contribution >= 0.6 is 0 Å². The summed E-state index contributed by atoms with van der Waals surface area (Å²) in [5, 5.41) is 9.40. The number of anilines is 1. The molecule has 19 heavy (non-hydrogen) atoms. The Morgan fingerprint density at radius 3 is 2.47 bits per heavy atom. The van der Waals surface area contributed by atoms with E-state index in [1.54, 1.807) is 0 Å². The van der Waals surface area contributed by atoms with Gasteiger partial charge in [-0.3, -0.25) is 0 Å². The summed E-state index contributed by atoms with van der Waals surface area (Å²) < 4.78 is 61.2. The van der Waals surface area contributed by atoms with Gasteiger partial charge in [-0.25, -0.2) is 0 Å². The molecule has 1 aromatic carbocycles. The number of phenolic OH excluding ortho intramolecular Hbond substituents is 1. The van der Waals surface area contributed by atoms with Crippen LogP contribution in [0.2, 0.25) is 0 Å². The third-order valence-electron chi connectivity index (χ3n) is 2.02. The first kappa shape index (κ1) is 15.5. The molecule has 108 valence electrons. The van der Waals surface area contributed by atoms with Crippen LogP contribution in [0.3, 0.4) is 0 Å². The third kappa shape index (κ3) is 5.77. The van der Waals surface area contributed by atoms with Crippen LogP contribution in [0, 0.1) is 0 Å². The summed E-state index contributed by atoms with van der Waals surface area (Å²) in [4.78, 5) is 0. The number of alkyl halides is 3. The molecule has 0 atom stereocenters. The van der Waals surface area contributed by atoms with Gasteiger partial charge in [0, 0.05) is 17.8 Å². The van der Waals surface area contributed by atoms with Crippen molar-refractivity contribution in [1.82, 2.24) is 9.44 Å². The molecular formula is C9H12F3N3O3S. The van der Waals surface area contributed by atoms with Gasteiger partial charge in [0.15, 0.2) is 0 Å². The molecule has 0 aliphatic heterocycles. The second-order valence-electron chi connectivity index (χ2n) is 3.65. The Balaban J connectivity index is 2.63. The molecule has 0 bridgehead atoms. The Bertz CT molecular complexity index is 545. The number of hydrogen-bond donors (Lipinski definition) is 4. The Hall–Kier alpha value is -1.52. The average Bonchev–Trinajstić information content (AvgIpc) is 2.27. The molecule has 1 rings (SSSR count). The number of phenols is 1. The molecule has 0 saturated carbocycles. The van der Waals surface area contributed by atoms with Gasteiger partial charge in [-0.2, -0.15) is 31.0 Å². The van der Waals surface area contributed by atoms with E-state index in [0.29, 0.717) is 0 Å². The minimum Gasteiger partial charge on any atom is -0.508 e.